The summed E-state index contributed by atoms with van der Waals surface area (Å²) in [7, 11) is -1.91. The van der Waals surface area contributed by atoms with Crippen molar-refractivity contribution < 1.29 is 28.2 Å². The summed E-state index contributed by atoms with van der Waals surface area (Å²) in [5.41, 5.74) is -0.265. The Labute approximate surface area is 212 Å². The van der Waals surface area contributed by atoms with E-state index in [1.807, 2.05) is 0 Å². The molecule has 0 saturated carbocycles. The van der Waals surface area contributed by atoms with Gasteiger partial charge in [0.15, 0.2) is 8.32 Å². The predicted molar refractivity (Wildman–Crippen MR) is 141 cm³/mol. The quantitative estimate of drug-likeness (QED) is 0.174. The molecular weight excluding hydrogens is 462 g/mol. The van der Waals surface area contributed by atoms with E-state index in [1.165, 1.54) is 10.9 Å². The molecule has 0 aliphatic rings. The first-order valence-corrected chi connectivity index (χ1v) is 14.9. The summed E-state index contributed by atoms with van der Waals surface area (Å²) in [6.07, 6.45) is 2.04. The van der Waals surface area contributed by atoms with Crippen LogP contribution in [-0.4, -0.2) is 38.2 Å². The number of carbonyl (C=O) groups excluding carboxylic acids is 2. The molecule has 0 spiro atoms. The van der Waals surface area contributed by atoms with Crippen molar-refractivity contribution in [2.45, 2.75) is 104 Å². The first-order chi connectivity index (χ1) is 15.8. The normalized spacial score (nSPS) is 12.4. The number of hydrogen-bond acceptors (Lipinski definition) is 6. The van der Waals surface area contributed by atoms with E-state index in [9.17, 15) is 9.59 Å². The van der Waals surface area contributed by atoms with Crippen LogP contribution in [0.2, 0.25) is 18.1 Å². The number of ether oxygens (including phenoxy) is 2. The predicted octanol–water partition coefficient (Wildman–Crippen LogP) is 5.14. The second-order valence-corrected chi connectivity index (χ2v) is 16.4. The number of hydrogen-bond donors (Lipinski definition) is 2. The van der Waals surface area contributed by atoms with Crippen molar-refractivity contribution in [1.29, 1.82) is 0 Å². The van der Waals surface area contributed by atoms with E-state index < -0.39 is 26.0 Å². The lowest BCUT2D eigenvalue weighted by molar-refractivity contribution is -0.641. The molecule has 3 N–H and O–H groups in total. The summed E-state index contributed by atoms with van der Waals surface area (Å²) in [5, 5.41) is 2.74. The van der Waals surface area contributed by atoms with Crippen molar-refractivity contribution in [3.8, 4) is 11.8 Å². The Kier molecular flexibility index (Phi) is 9.96. The van der Waals surface area contributed by atoms with Crippen LogP contribution in [0.5, 0.6) is 0 Å². The molecule has 0 aromatic carbocycles. The number of esters is 1. The fraction of sp³-hybridized carbons (Fsp3) is 0.654. The van der Waals surface area contributed by atoms with Crippen LogP contribution in [0, 0.1) is 11.8 Å². The summed E-state index contributed by atoms with van der Waals surface area (Å²) in [6.45, 7) is 22.5. The third-order valence-corrected chi connectivity index (χ3v) is 10.3. The number of nitrogen functional groups attached to an aromatic ring is 1. The van der Waals surface area contributed by atoms with Crippen LogP contribution in [0.3, 0.4) is 0 Å². The lowest BCUT2D eigenvalue weighted by Gasteiger charge is -2.42. The highest BCUT2D eigenvalue weighted by molar-refractivity contribution is 6.74. The maximum absolute atomic E-state index is 12.4. The van der Waals surface area contributed by atoms with Crippen LogP contribution in [0.25, 0.3) is 0 Å². The maximum Gasteiger partial charge on any atom is 0.412 e. The molecule has 1 aromatic rings. The van der Waals surface area contributed by atoms with Crippen LogP contribution in [0.4, 0.5) is 10.5 Å². The molecule has 35 heavy (non-hydrogen) atoms. The van der Waals surface area contributed by atoms with Gasteiger partial charge >= 0.3 is 12.1 Å². The molecule has 0 saturated heterocycles. The van der Waals surface area contributed by atoms with Crippen LogP contribution < -0.4 is 15.8 Å². The van der Waals surface area contributed by atoms with Gasteiger partial charge in [-0.15, -0.1) is 0 Å². The monoisotopic (exact) mass is 506 g/mol. The number of nitrogens with zero attached hydrogens (tertiary/aromatic N) is 1. The first kappa shape index (κ1) is 30.5. The Morgan fingerprint density at radius 3 is 2.23 bits per heavy atom. The third kappa shape index (κ3) is 9.90. The van der Waals surface area contributed by atoms with Crippen LogP contribution in [-0.2, 0) is 13.9 Å². The Bertz CT molecular complexity index is 980. The summed E-state index contributed by atoms with van der Waals surface area (Å²) in [5.74, 6) is 11.7. The van der Waals surface area contributed by atoms with Gasteiger partial charge in [-0.1, -0.05) is 31.4 Å². The Balaban J connectivity index is 3.12. The van der Waals surface area contributed by atoms with Crippen molar-refractivity contribution in [1.82, 2.24) is 0 Å². The van der Waals surface area contributed by atoms with E-state index >= 15 is 0 Å². The summed E-state index contributed by atoms with van der Waals surface area (Å²) in [6, 6.07) is 1.54. The van der Waals surface area contributed by atoms with Crippen molar-refractivity contribution in [3.63, 3.8) is 0 Å². The number of nitrogens with one attached hydrogen (secondary N) is 1. The van der Waals surface area contributed by atoms with Crippen LogP contribution >= 0.6 is 0 Å². The molecule has 9 heteroatoms. The van der Waals surface area contributed by atoms with E-state index in [1.54, 1.807) is 33.8 Å². The largest absolute Gasteiger partial charge is 0.462 e. The number of carbonyl (C=O) groups is 2. The third-order valence-electron chi connectivity index (χ3n) is 5.65. The minimum Gasteiger partial charge on any atom is -0.462 e. The molecule has 1 rings (SSSR count). The summed E-state index contributed by atoms with van der Waals surface area (Å²) < 4.78 is 18.2. The number of pyridine rings is 1. The van der Waals surface area contributed by atoms with Crippen molar-refractivity contribution in [2.24, 2.45) is 0 Å². The fourth-order valence-electron chi connectivity index (χ4n) is 2.97. The van der Waals surface area contributed by atoms with Crippen LogP contribution in [0.15, 0.2) is 12.3 Å². The van der Waals surface area contributed by atoms with Gasteiger partial charge in [-0.05, 0) is 66.1 Å². The smallest absolute Gasteiger partial charge is 0.412 e. The summed E-state index contributed by atoms with van der Waals surface area (Å²) >= 11 is 0. The zero-order valence-corrected chi connectivity index (χ0v) is 24.3. The zero-order chi connectivity index (χ0) is 27.2. The highest BCUT2D eigenvalue weighted by Crippen LogP contribution is 2.39. The fourth-order valence-corrected chi connectivity index (χ4v) is 4.76. The van der Waals surface area contributed by atoms with Gasteiger partial charge in [0, 0.05) is 18.4 Å². The van der Waals surface area contributed by atoms with Gasteiger partial charge in [-0.25, -0.2) is 15.4 Å². The molecule has 1 amide bonds. The molecule has 0 radical (unpaired) electrons. The average Bonchev–Trinajstić information content (AvgIpc) is 2.64. The maximum atomic E-state index is 12.4. The Morgan fingerprint density at radius 2 is 1.71 bits per heavy atom. The molecule has 0 aliphatic carbocycles. The van der Waals surface area contributed by atoms with Gasteiger partial charge in [-0.3, -0.25) is 5.32 Å². The lowest BCUT2D eigenvalue weighted by atomic mass is 10.0. The zero-order valence-electron chi connectivity index (χ0n) is 23.3. The topological polar surface area (TPSA) is 104 Å². The first-order valence-electron chi connectivity index (χ1n) is 12.0. The van der Waals surface area contributed by atoms with E-state index in [-0.39, 0.29) is 28.5 Å². The van der Waals surface area contributed by atoms with Crippen molar-refractivity contribution in [3.05, 3.63) is 23.5 Å². The highest BCUT2D eigenvalue weighted by atomic mass is 28.4. The van der Waals surface area contributed by atoms with E-state index in [4.69, 9.17) is 19.7 Å². The van der Waals surface area contributed by atoms with E-state index in [2.05, 4.69) is 64.9 Å². The molecule has 0 bridgehead atoms. The Hall–Kier alpha value is -2.57. The van der Waals surface area contributed by atoms with Gasteiger partial charge < -0.3 is 13.9 Å². The molecule has 1 aromatic heterocycles. The second-order valence-electron chi connectivity index (χ2n) is 11.7. The van der Waals surface area contributed by atoms with Gasteiger partial charge in [0.05, 0.1) is 17.9 Å². The number of aromatic nitrogens is 1. The number of rotatable bonds is 7. The molecule has 0 atom stereocenters. The van der Waals surface area contributed by atoms with Crippen LogP contribution in [0.1, 0.15) is 91.2 Å². The van der Waals surface area contributed by atoms with Crippen molar-refractivity contribution >= 4 is 26.1 Å². The van der Waals surface area contributed by atoms with Gasteiger partial charge in [-0.2, -0.15) is 0 Å². The Morgan fingerprint density at radius 1 is 1.11 bits per heavy atom. The lowest BCUT2D eigenvalue weighted by Crippen LogP contribution is -2.48. The summed E-state index contributed by atoms with van der Waals surface area (Å²) in [4.78, 5) is 24.8. The number of amides is 1. The molecular formula is C26H44N3O5Si+. The standard InChI is InChI=1S/C26H43N3O5Si/c1-12-32-22(30)20-18-29(27)19(17-21(20)28-23(31)33-24(2,3)4)15-13-14-16-26(8,9)34-35(10,11)25(5,6)7/h17-18H,12,14,16,27H2,1-11H3/p+1. The second kappa shape index (κ2) is 11.4. The van der Waals surface area contributed by atoms with Crippen molar-refractivity contribution in [2.75, 3.05) is 17.8 Å². The average molecular weight is 507 g/mol. The molecule has 1 heterocycles. The van der Waals surface area contributed by atoms with Gasteiger partial charge in [0.25, 0.3) is 5.69 Å². The minimum atomic E-state index is -1.91. The van der Waals surface area contributed by atoms with E-state index in [0.717, 1.165) is 6.42 Å². The molecule has 0 aliphatic heterocycles. The molecule has 0 fully saturated rings. The van der Waals surface area contributed by atoms with Gasteiger partial charge in [0.1, 0.15) is 11.2 Å². The molecule has 8 nitrogen and oxygen atoms in total. The molecule has 196 valence electrons. The minimum absolute atomic E-state index is 0.106. The number of anilines is 1. The van der Waals surface area contributed by atoms with E-state index in [0.29, 0.717) is 12.1 Å². The van der Waals surface area contributed by atoms with Gasteiger partial charge in [0.2, 0.25) is 6.20 Å². The number of nitrogens with two attached hydrogens (primary N) is 1. The SMILES string of the molecule is CCOC(=O)c1c[n+](N)c(C#CCCC(C)(C)O[Si](C)(C)C(C)(C)C)cc1NC(=O)OC(C)(C)C. The molecule has 0 unspecified atom stereocenters. The highest BCUT2D eigenvalue weighted by Gasteiger charge is 2.41.